The van der Waals surface area contributed by atoms with Gasteiger partial charge in [-0.15, -0.1) is 11.3 Å². The van der Waals surface area contributed by atoms with Crippen LogP contribution in [0.5, 0.6) is 5.75 Å². The largest absolute Gasteiger partial charge is 0.488 e. The summed E-state index contributed by atoms with van der Waals surface area (Å²) in [6, 6.07) is 8.57. The molecular weight excluding hydrogens is 789 g/mol. The van der Waals surface area contributed by atoms with E-state index < -0.39 is 11.9 Å². The first-order chi connectivity index (χ1) is 29.7. The number of amides is 3. The molecule has 0 radical (unpaired) electrons. The fourth-order valence-electron chi connectivity index (χ4n) is 9.50. The average molecular weight is 849 g/mol. The molecule has 5 aliphatic rings. The number of anilines is 1. The van der Waals surface area contributed by atoms with E-state index in [1.165, 1.54) is 61.1 Å². The van der Waals surface area contributed by atoms with Crippen molar-refractivity contribution in [2.75, 3.05) is 38.0 Å². The summed E-state index contributed by atoms with van der Waals surface area (Å²) >= 11 is 1.51. The lowest BCUT2D eigenvalue weighted by atomic mass is 9.90. The Balaban J connectivity index is 0.634. The van der Waals surface area contributed by atoms with Gasteiger partial charge in [0, 0.05) is 85.0 Å². The molecule has 1 aromatic carbocycles. The first-order valence-electron chi connectivity index (χ1n) is 22.5. The van der Waals surface area contributed by atoms with Gasteiger partial charge in [0.15, 0.2) is 0 Å². The van der Waals surface area contributed by atoms with E-state index in [-0.39, 0.29) is 18.2 Å². The summed E-state index contributed by atoms with van der Waals surface area (Å²) in [7, 11) is 2.05. The zero-order valence-corrected chi connectivity index (χ0v) is 36.4. The Bertz CT molecular complexity index is 2190. The molecule has 6 heterocycles. The molecule has 2 saturated carbocycles. The summed E-state index contributed by atoms with van der Waals surface area (Å²) in [6.45, 7) is 9.08. The van der Waals surface area contributed by atoms with E-state index in [0.29, 0.717) is 37.2 Å². The lowest BCUT2D eigenvalue weighted by molar-refractivity contribution is -0.136. The molecule has 0 spiro atoms. The van der Waals surface area contributed by atoms with E-state index >= 15 is 0 Å². The van der Waals surface area contributed by atoms with E-state index in [2.05, 4.69) is 55.3 Å². The second-order valence-electron chi connectivity index (χ2n) is 17.9. The van der Waals surface area contributed by atoms with Crippen molar-refractivity contribution in [1.82, 2.24) is 45.5 Å². The smallest absolute Gasteiger partial charge is 0.256 e. The number of rotatable bonds is 17. The Hall–Kier alpha value is -4.70. The molecule has 14 nitrogen and oxygen atoms in total. The van der Waals surface area contributed by atoms with E-state index in [0.717, 1.165) is 109 Å². The molecule has 4 aromatic rings. The number of likely N-dealkylation sites (tertiary alicyclic amines) is 1. The van der Waals surface area contributed by atoms with E-state index in [1.54, 1.807) is 4.90 Å². The van der Waals surface area contributed by atoms with Gasteiger partial charge in [0.1, 0.15) is 18.4 Å². The highest BCUT2D eigenvalue weighted by Crippen LogP contribution is 2.37. The highest BCUT2D eigenvalue weighted by molar-refractivity contribution is 7.10. The van der Waals surface area contributed by atoms with Crippen molar-refractivity contribution in [3.05, 3.63) is 74.9 Å². The summed E-state index contributed by atoms with van der Waals surface area (Å²) in [4.78, 5) is 51.9. The number of carbonyl (C=O) groups is 3. The standard InChI is InChI=1S/C46H60N10O4S/c1-29-22-49-46(53-43(29)36-25-50-54(2)40(36)21-30-3-4-30)51-34-9-7-33(8-10-34)48-24-32-15-18-55(19-16-32)20-17-47-23-31-5-11-35(12-6-31)60-27-41-37-26-56(45(59)38(37)28-61-41)39-13-14-42(57)52-44(39)58/h5-6,11-12,22,25,28,30,32-34,39,47-48H,3-4,7-10,13-21,23-24,26-27H2,1-2H3,(H,49,51,53)(H,52,57,58)/t33?,34?,39-/m0/s1. The highest BCUT2D eigenvalue weighted by atomic mass is 32.1. The zero-order chi connectivity index (χ0) is 41.9. The van der Waals surface area contributed by atoms with Gasteiger partial charge < -0.3 is 30.5 Å². The maximum atomic E-state index is 13.0. The number of fused-ring (bicyclic) bond motifs is 1. The van der Waals surface area contributed by atoms with Gasteiger partial charge in [-0.25, -0.2) is 9.97 Å². The van der Waals surface area contributed by atoms with Crippen LogP contribution in [-0.2, 0) is 42.8 Å². The van der Waals surface area contributed by atoms with Crippen LogP contribution in [0.2, 0.25) is 0 Å². The Morgan fingerprint density at radius 3 is 2.48 bits per heavy atom. The van der Waals surface area contributed by atoms with Gasteiger partial charge in [0.25, 0.3) is 5.91 Å². The average Bonchev–Trinajstić information content (AvgIpc) is 3.77. The third kappa shape index (κ3) is 10.0. The fraction of sp³-hybridized carbons (Fsp3) is 0.565. The van der Waals surface area contributed by atoms with Crippen molar-refractivity contribution in [3.63, 3.8) is 0 Å². The Kier molecular flexibility index (Phi) is 12.8. The monoisotopic (exact) mass is 848 g/mol. The quantitative estimate of drug-likeness (QED) is 0.0802. The van der Waals surface area contributed by atoms with Crippen LogP contribution in [0, 0.1) is 18.8 Å². The third-order valence-electron chi connectivity index (χ3n) is 13.5. The minimum Gasteiger partial charge on any atom is -0.488 e. The number of aryl methyl sites for hydroxylation is 2. The predicted molar refractivity (Wildman–Crippen MR) is 235 cm³/mol. The molecular formula is C46H60N10O4S. The van der Waals surface area contributed by atoms with Crippen molar-refractivity contribution in [2.45, 2.75) is 115 Å². The molecule has 2 aliphatic carbocycles. The molecule has 1 atom stereocenters. The number of hydrogen-bond acceptors (Lipinski definition) is 12. The van der Waals surface area contributed by atoms with E-state index in [4.69, 9.17) is 9.72 Å². The van der Waals surface area contributed by atoms with Gasteiger partial charge in [0.05, 0.1) is 17.5 Å². The SMILES string of the molecule is Cc1cnc(NC2CCC(NCC3CCN(CCNCc4ccc(OCc5scc6c5CN([C@H]5CCC(=O)NC5=O)C6=O)cc4)CC3)CC2)nc1-c1cnn(C)c1CC1CC1. The molecule has 3 aliphatic heterocycles. The number of nitrogens with one attached hydrogen (secondary N) is 4. The fourth-order valence-corrected chi connectivity index (χ4v) is 10.4. The van der Waals surface area contributed by atoms with Crippen molar-refractivity contribution < 1.29 is 19.1 Å². The van der Waals surface area contributed by atoms with Crippen LogP contribution in [-0.4, -0.2) is 98.1 Å². The van der Waals surface area contributed by atoms with E-state index in [1.807, 2.05) is 41.6 Å². The van der Waals surface area contributed by atoms with Gasteiger partial charge in [-0.05, 0) is 126 Å². The number of thiophene rings is 1. The van der Waals surface area contributed by atoms with Gasteiger partial charge in [-0.3, -0.25) is 24.4 Å². The topological polar surface area (TPSA) is 159 Å². The van der Waals surface area contributed by atoms with Crippen LogP contribution >= 0.6 is 11.3 Å². The molecule has 61 heavy (non-hydrogen) atoms. The molecule has 0 bridgehead atoms. The normalized spacial score (nSPS) is 22.4. The van der Waals surface area contributed by atoms with Crippen LogP contribution < -0.4 is 26.0 Å². The lowest BCUT2D eigenvalue weighted by Gasteiger charge is -2.34. The summed E-state index contributed by atoms with van der Waals surface area (Å²) < 4.78 is 8.14. The van der Waals surface area contributed by atoms with Crippen molar-refractivity contribution in [1.29, 1.82) is 0 Å². The number of ether oxygens (including phenoxy) is 1. The molecule has 9 rings (SSSR count). The number of benzene rings is 1. The van der Waals surface area contributed by atoms with Crippen LogP contribution in [0.25, 0.3) is 11.3 Å². The molecule has 3 amide bonds. The van der Waals surface area contributed by atoms with Crippen LogP contribution in [0.15, 0.2) is 42.0 Å². The maximum Gasteiger partial charge on any atom is 0.256 e. The highest BCUT2D eigenvalue weighted by Gasteiger charge is 2.40. The molecule has 15 heteroatoms. The van der Waals surface area contributed by atoms with Gasteiger partial charge in [-0.2, -0.15) is 5.10 Å². The summed E-state index contributed by atoms with van der Waals surface area (Å²) in [5.41, 5.74) is 7.31. The maximum absolute atomic E-state index is 13.0. The predicted octanol–water partition coefficient (Wildman–Crippen LogP) is 5.35. The number of hydrogen-bond donors (Lipinski definition) is 4. The van der Waals surface area contributed by atoms with Crippen LogP contribution in [0.4, 0.5) is 5.95 Å². The minimum absolute atomic E-state index is 0.150. The Labute approximate surface area is 362 Å². The van der Waals surface area contributed by atoms with Gasteiger partial charge in [-0.1, -0.05) is 12.1 Å². The number of nitrogens with zero attached hydrogens (tertiary/aromatic N) is 6. The zero-order valence-electron chi connectivity index (χ0n) is 35.6. The van der Waals surface area contributed by atoms with Crippen molar-refractivity contribution >= 4 is 35.0 Å². The second kappa shape index (κ2) is 18.7. The molecule has 324 valence electrons. The molecule has 2 saturated heterocycles. The summed E-state index contributed by atoms with van der Waals surface area (Å²) in [5.74, 6) is 2.23. The minimum atomic E-state index is -0.608. The third-order valence-corrected chi connectivity index (χ3v) is 14.5. The molecule has 4 fully saturated rings. The summed E-state index contributed by atoms with van der Waals surface area (Å²) in [5, 5.41) is 20.0. The van der Waals surface area contributed by atoms with Crippen molar-refractivity contribution in [3.8, 4) is 17.0 Å². The first-order valence-corrected chi connectivity index (χ1v) is 23.4. The number of carbonyl (C=O) groups excluding carboxylic acids is 3. The lowest BCUT2D eigenvalue weighted by Crippen LogP contribution is -2.52. The van der Waals surface area contributed by atoms with Gasteiger partial charge in [0.2, 0.25) is 17.8 Å². The molecule has 0 unspecified atom stereocenters. The van der Waals surface area contributed by atoms with E-state index in [9.17, 15) is 14.4 Å². The van der Waals surface area contributed by atoms with Crippen molar-refractivity contribution in [2.24, 2.45) is 18.9 Å². The van der Waals surface area contributed by atoms with Crippen LogP contribution in [0.1, 0.15) is 102 Å². The number of piperidine rings is 2. The number of imide groups is 1. The summed E-state index contributed by atoms with van der Waals surface area (Å²) in [6.07, 6.45) is 15.4. The number of aromatic nitrogens is 4. The molecule has 3 aromatic heterocycles. The second-order valence-corrected chi connectivity index (χ2v) is 18.9. The Morgan fingerprint density at radius 2 is 1.70 bits per heavy atom. The Morgan fingerprint density at radius 1 is 0.918 bits per heavy atom. The first kappa shape index (κ1) is 41.6. The van der Waals surface area contributed by atoms with Crippen LogP contribution in [0.3, 0.4) is 0 Å². The van der Waals surface area contributed by atoms with Gasteiger partial charge >= 0.3 is 0 Å². The molecule has 4 N–H and O–H groups in total.